The van der Waals surface area contributed by atoms with Crippen molar-refractivity contribution in [3.05, 3.63) is 57.7 Å². The summed E-state index contributed by atoms with van der Waals surface area (Å²) in [5, 5.41) is 8.59. The van der Waals surface area contributed by atoms with Gasteiger partial charge in [-0.05, 0) is 81.2 Å². The van der Waals surface area contributed by atoms with E-state index in [1.165, 1.54) is 34.8 Å². The minimum atomic E-state index is -1.03. The third kappa shape index (κ3) is 9.66. The van der Waals surface area contributed by atoms with Gasteiger partial charge in [-0.3, -0.25) is 34.2 Å². The van der Waals surface area contributed by atoms with E-state index in [4.69, 9.17) is 38.4 Å². The first-order valence-electron chi connectivity index (χ1n) is 26.9. The van der Waals surface area contributed by atoms with Crippen LogP contribution >= 0.6 is 11.3 Å². The molecule has 18 heteroatoms. The lowest BCUT2D eigenvalue weighted by molar-refractivity contribution is -0.203. The van der Waals surface area contributed by atoms with Crippen LogP contribution in [0.2, 0.25) is 0 Å². The van der Waals surface area contributed by atoms with Crippen molar-refractivity contribution in [3.63, 3.8) is 0 Å². The number of hydrogen-bond donors (Lipinski definition) is 2. The van der Waals surface area contributed by atoms with Crippen LogP contribution < -0.4 is 10.7 Å². The van der Waals surface area contributed by atoms with Crippen molar-refractivity contribution in [1.29, 1.82) is 0 Å². The lowest BCUT2D eigenvalue weighted by atomic mass is 9.76. The van der Waals surface area contributed by atoms with Gasteiger partial charge in [-0.2, -0.15) is 0 Å². The Morgan fingerprint density at radius 3 is 2.55 bits per heavy atom. The molecule has 17 nitrogen and oxygen atoms in total. The number of hydrazine groups is 1. The summed E-state index contributed by atoms with van der Waals surface area (Å²) in [6, 6.07) is 7.35. The number of carbonyl (C=O) groups is 3. The van der Waals surface area contributed by atoms with Crippen molar-refractivity contribution in [1.82, 2.24) is 40.1 Å². The van der Waals surface area contributed by atoms with E-state index >= 15 is 4.79 Å². The topological polar surface area (TPSA) is 171 Å². The number of ether oxygens (including phenoxy) is 6. The molecular formula is C55H72N8O9S. The molecule has 7 fully saturated rings. The average Bonchev–Trinajstić information content (AvgIpc) is 3.98. The largest absolute Gasteiger partial charge is 0.464 e. The maximum absolute atomic E-state index is 15.1. The van der Waals surface area contributed by atoms with E-state index in [-0.39, 0.29) is 42.0 Å². The monoisotopic (exact) mass is 1020 g/mol. The molecule has 1 saturated carbocycles. The standard InChI is InChI=1S/C55H72N8O9S/c1-32-25-71-49(32)50(64)58-46-48(61-27-55(28-61)30-69-31-55)51-57-43(26-73-51)34-8-11-44-39(19-34)41(21-54(3,4)29-72-53(66)42-7-6-14-63(59-42)52(46)65)47(62(44)15-18-70-38-12-16-68-17-13-38)40-20-35(22-56-45(40)33(2)67-5)36-23-60(24-36)37-9-10-37/h8,11,19-20,22,26,32-33,36-38,42,46,48-49,59H,6-7,9-10,12-18,21,23-25,27-31H2,1-5H3,(H,58,64)/t32-,33-,42-,46-,48-,49+/m0/s1. The van der Waals surface area contributed by atoms with Crippen LogP contribution in [0.25, 0.3) is 33.4 Å². The highest BCUT2D eigenvalue weighted by Gasteiger charge is 2.55. The van der Waals surface area contributed by atoms with Gasteiger partial charge in [0.2, 0.25) is 5.91 Å². The number of benzene rings is 1. The minimum Gasteiger partial charge on any atom is -0.464 e. The molecular weight excluding hydrogens is 949 g/mol. The lowest BCUT2D eigenvalue weighted by Gasteiger charge is -2.58. The summed E-state index contributed by atoms with van der Waals surface area (Å²) in [7, 11) is 1.74. The number of fused-ring (bicyclic) bond motifs is 6. The number of nitrogens with zero attached hydrogens (tertiary/aromatic N) is 6. The maximum atomic E-state index is 15.1. The summed E-state index contributed by atoms with van der Waals surface area (Å²) in [5.41, 5.74) is 10.9. The van der Waals surface area contributed by atoms with Crippen LogP contribution in [0.3, 0.4) is 0 Å². The molecule has 0 radical (unpaired) electrons. The molecule has 1 aliphatic carbocycles. The fraction of sp³-hybridized carbons (Fsp3) is 0.655. The van der Waals surface area contributed by atoms with Crippen LogP contribution in [0.15, 0.2) is 35.8 Å². The first-order chi connectivity index (χ1) is 35.3. The molecule has 6 bridgehead atoms. The second-order valence-corrected chi connectivity index (χ2v) is 24.1. The Balaban J connectivity index is 1.00. The quantitative estimate of drug-likeness (QED) is 0.163. The van der Waals surface area contributed by atoms with Crippen molar-refractivity contribution in [3.8, 4) is 22.5 Å². The Labute approximate surface area is 431 Å². The number of cyclic esters (lactones) is 1. The normalized spacial score (nSPS) is 28.4. The zero-order valence-corrected chi connectivity index (χ0v) is 43.9. The van der Waals surface area contributed by atoms with Crippen molar-refractivity contribution in [2.45, 2.75) is 128 Å². The number of pyridine rings is 1. The molecule has 1 aromatic carbocycles. The van der Waals surface area contributed by atoms with Crippen molar-refractivity contribution in [2.75, 3.05) is 86.1 Å². The smallest absolute Gasteiger partial charge is 0.324 e. The highest BCUT2D eigenvalue weighted by atomic mass is 32.1. The van der Waals surface area contributed by atoms with Gasteiger partial charge in [0.15, 0.2) is 0 Å². The highest BCUT2D eigenvalue weighted by Crippen LogP contribution is 2.47. The number of thiazole rings is 1. The average molecular weight is 1020 g/mol. The molecule has 12 rings (SSSR count). The summed E-state index contributed by atoms with van der Waals surface area (Å²) in [6.07, 6.45) is 7.22. The number of methoxy groups -OCH3 is 1. The van der Waals surface area contributed by atoms with Gasteiger partial charge >= 0.3 is 5.97 Å². The van der Waals surface area contributed by atoms with Gasteiger partial charge in [-0.25, -0.2) is 10.4 Å². The number of nitrogens with one attached hydrogen (secondary N) is 2. The summed E-state index contributed by atoms with van der Waals surface area (Å²) < 4.78 is 38.6. The van der Waals surface area contributed by atoms with E-state index in [2.05, 4.69) is 81.7 Å². The fourth-order valence-electron chi connectivity index (χ4n) is 12.3. The second kappa shape index (κ2) is 20.0. The molecule has 3 aromatic heterocycles. The predicted octanol–water partition coefficient (Wildman–Crippen LogP) is 5.81. The van der Waals surface area contributed by atoms with E-state index in [0.29, 0.717) is 97.0 Å². The first-order valence-corrected chi connectivity index (χ1v) is 27.8. The van der Waals surface area contributed by atoms with Gasteiger partial charge in [0.25, 0.3) is 5.91 Å². The number of carbonyl (C=O) groups excluding carboxylic acids is 3. The number of aromatic nitrogens is 3. The molecule has 6 saturated heterocycles. The Hall–Kier alpha value is -4.37. The Bertz CT molecular complexity index is 2720. The van der Waals surface area contributed by atoms with Gasteiger partial charge in [0.05, 0.1) is 68.4 Å². The Morgan fingerprint density at radius 1 is 1.03 bits per heavy atom. The molecule has 4 aromatic rings. The second-order valence-electron chi connectivity index (χ2n) is 23.2. The summed E-state index contributed by atoms with van der Waals surface area (Å²) in [5.74, 6) is -0.665. The van der Waals surface area contributed by atoms with Crippen molar-refractivity contribution in [2.24, 2.45) is 16.7 Å². The SMILES string of the molecule is CO[C@@H](C)c1ncc(C2CN(C3CC3)C2)cc1-c1c2c3cc(ccc3n1CCOC1CCOCC1)-c1csc(n1)[C@@H](N1CC3(COC3)C1)[C@H](NC(=O)[C@@H]1OC[C@@H]1C)C(=O)N1CCC[C@H](N1)C(=O)OCC(C)(C)C2. The molecule has 392 valence electrons. The van der Waals surface area contributed by atoms with E-state index in [0.717, 1.165) is 75.6 Å². The lowest BCUT2D eigenvalue weighted by Crippen LogP contribution is -2.70. The summed E-state index contributed by atoms with van der Waals surface area (Å²) in [4.78, 5) is 59.1. The minimum absolute atomic E-state index is 0.00818. The fourth-order valence-corrected chi connectivity index (χ4v) is 13.3. The van der Waals surface area contributed by atoms with Gasteiger partial charge in [0.1, 0.15) is 23.2 Å². The molecule has 0 unspecified atom stereocenters. The molecule has 6 atom stereocenters. The van der Waals surface area contributed by atoms with E-state index in [1.54, 1.807) is 7.11 Å². The zero-order valence-electron chi connectivity index (χ0n) is 43.1. The van der Waals surface area contributed by atoms with Gasteiger partial charge in [-0.15, -0.1) is 11.3 Å². The number of likely N-dealkylation sites (tertiary alicyclic amines) is 2. The van der Waals surface area contributed by atoms with Crippen LogP contribution in [0.5, 0.6) is 0 Å². The number of amides is 2. The van der Waals surface area contributed by atoms with E-state index in [9.17, 15) is 9.59 Å². The molecule has 8 aliphatic rings. The first kappa shape index (κ1) is 49.5. The summed E-state index contributed by atoms with van der Waals surface area (Å²) >= 11 is 1.51. The third-order valence-electron chi connectivity index (χ3n) is 16.9. The molecule has 2 N–H and O–H groups in total. The van der Waals surface area contributed by atoms with Crippen LogP contribution in [-0.2, 0) is 55.8 Å². The highest BCUT2D eigenvalue weighted by molar-refractivity contribution is 7.10. The van der Waals surface area contributed by atoms with Crippen LogP contribution in [0.4, 0.5) is 0 Å². The zero-order chi connectivity index (χ0) is 50.2. The van der Waals surface area contributed by atoms with Gasteiger partial charge in [-0.1, -0.05) is 26.8 Å². The van der Waals surface area contributed by atoms with Gasteiger partial charge < -0.3 is 38.3 Å². The molecule has 7 aliphatic heterocycles. The van der Waals surface area contributed by atoms with Gasteiger partial charge in [0, 0.05) is 122 Å². The molecule has 10 heterocycles. The van der Waals surface area contributed by atoms with Crippen LogP contribution in [0.1, 0.15) is 106 Å². The van der Waals surface area contributed by atoms with E-state index in [1.807, 2.05) is 6.92 Å². The Kier molecular flexibility index (Phi) is 13.5. The Morgan fingerprint density at radius 2 is 1.84 bits per heavy atom. The third-order valence-corrected chi connectivity index (χ3v) is 17.8. The van der Waals surface area contributed by atoms with Crippen LogP contribution in [0, 0.1) is 16.7 Å². The molecule has 73 heavy (non-hydrogen) atoms. The number of rotatable bonds is 12. The van der Waals surface area contributed by atoms with Crippen molar-refractivity contribution >= 4 is 40.0 Å². The summed E-state index contributed by atoms with van der Waals surface area (Å²) in [6.45, 7) is 16.7. The van der Waals surface area contributed by atoms with Crippen molar-refractivity contribution < 1.29 is 42.8 Å². The maximum Gasteiger partial charge on any atom is 0.324 e. The van der Waals surface area contributed by atoms with E-state index < -0.39 is 35.6 Å². The predicted molar refractivity (Wildman–Crippen MR) is 274 cm³/mol. The number of esters is 1. The molecule has 2 amide bonds. The van der Waals surface area contributed by atoms with Crippen LogP contribution in [-0.4, -0.2) is 164 Å². The molecule has 1 spiro atoms. The number of hydrogen-bond acceptors (Lipinski definition) is 15.